The molecule has 1 aliphatic rings. The van der Waals surface area contributed by atoms with Gasteiger partial charge in [0.25, 0.3) is 11.8 Å². The molecule has 6 heteroatoms. The lowest BCUT2D eigenvalue weighted by atomic mass is 10.2. The van der Waals surface area contributed by atoms with E-state index in [1.807, 2.05) is 30.3 Å². The Bertz CT molecular complexity index is 999. The van der Waals surface area contributed by atoms with Gasteiger partial charge in [-0.2, -0.15) is 0 Å². The molecule has 146 valence electrons. The van der Waals surface area contributed by atoms with E-state index in [9.17, 15) is 9.59 Å². The van der Waals surface area contributed by atoms with Crippen LogP contribution >= 0.6 is 0 Å². The summed E-state index contributed by atoms with van der Waals surface area (Å²) in [6.07, 6.45) is 1.99. The molecule has 0 unspecified atom stereocenters. The second-order valence-electron chi connectivity index (χ2n) is 6.91. The summed E-state index contributed by atoms with van der Waals surface area (Å²) in [6, 6.07) is 22.1. The van der Waals surface area contributed by atoms with Crippen LogP contribution in [0.15, 0.2) is 72.8 Å². The van der Waals surface area contributed by atoms with Crippen LogP contribution in [-0.2, 0) is 6.61 Å². The quantitative estimate of drug-likeness (QED) is 0.646. The summed E-state index contributed by atoms with van der Waals surface area (Å²) in [5.41, 5.74) is 2.14. The molecule has 0 spiro atoms. The molecule has 1 heterocycles. The Labute approximate surface area is 168 Å². The standard InChI is InChI=1S/C23H21N3O3/c27-22(24-17-9-10-17)20-7-4-8-21(26-20)23(28)25-18-11-13-19(14-12-18)29-15-16-5-2-1-3-6-16/h1-8,11-14,17H,9-10,15H2,(H,24,27)(H,25,28). The number of carbonyl (C=O) groups excluding carboxylic acids is 2. The highest BCUT2D eigenvalue weighted by Crippen LogP contribution is 2.20. The van der Waals surface area contributed by atoms with Gasteiger partial charge in [-0.3, -0.25) is 9.59 Å². The van der Waals surface area contributed by atoms with Crippen LogP contribution in [0.4, 0.5) is 5.69 Å². The predicted molar refractivity (Wildman–Crippen MR) is 110 cm³/mol. The average Bonchev–Trinajstić information content (AvgIpc) is 3.58. The van der Waals surface area contributed by atoms with Gasteiger partial charge in [0.2, 0.25) is 0 Å². The molecule has 1 fully saturated rings. The van der Waals surface area contributed by atoms with Gasteiger partial charge in [-0.05, 0) is 54.8 Å². The van der Waals surface area contributed by atoms with Gasteiger partial charge in [0.05, 0.1) is 0 Å². The van der Waals surface area contributed by atoms with Crippen molar-refractivity contribution in [3.8, 4) is 5.75 Å². The van der Waals surface area contributed by atoms with Crippen molar-refractivity contribution in [3.63, 3.8) is 0 Å². The molecule has 3 aromatic rings. The molecule has 0 bridgehead atoms. The van der Waals surface area contributed by atoms with E-state index < -0.39 is 0 Å². The van der Waals surface area contributed by atoms with Gasteiger partial charge >= 0.3 is 0 Å². The largest absolute Gasteiger partial charge is 0.489 e. The molecule has 0 aliphatic heterocycles. The van der Waals surface area contributed by atoms with Crippen molar-refractivity contribution in [1.29, 1.82) is 0 Å². The first-order valence-electron chi connectivity index (χ1n) is 9.53. The highest BCUT2D eigenvalue weighted by atomic mass is 16.5. The van der Waals surface area contributed by atoms with Crippen LogP contribution < -0.4 is 15.4 Å². The van der Waals surface area contributed by atoms with Crippen molar-refractivity contribution in [2.45, 2.75) is 25.5 Å². The van der Waals surface area contributed by atoms with E-state index in [1.54, 1.807) is 42.5 Å². The maximum absolute atomic E-state index is 12.5. The van der Waals surface area contributed by atoms with Crippen LogP contribution in [0.3, 0.4) is 0 Å². The molecule has 29 heavy (non-hydrogen) atoms. The smallest absolute Gasteiger partial charge is 0.274 e. The Morgan fingerprint density at radius 2 is 1.55 bits per heavy atom. The van der Waals surface area contributed by atoms with Crippen molar-refractivity contribution in [1.82, 2.24) is 10.3 Å². The minimum absolute atomic E-state index is 0.192. The number of ether oxygens (including phenoxy) is 1. The van der Waals surface area contributed by atoms with E-state index in [0.29, 0.717) is 18.0 Å². The number of pyridine rings is 1. The molecule has 2 aromatic carbocycles. The molecule has 0 atom stereocenters. The first-order chi connectivity index (χ1) is 14.2. The number of rotatable bonds is 7. The topological polar surface area (TPSA) is 80.3 Å². The molecule has 1 saturated carbocycles. The fourth-order valence-corrected chi connectivity index (χ4v) is 2.75. The summed E-state index contributed by atoms with van der Waals surface area (Å²) >= 11 is 0. The van der Waals surface area contributed by atoms with Crippen molar-refractivity contribution in [2.24, 2.45) is 0 Å². The number of nitrogens with one attached hydrogen (secondary N) is 2. The molecule has 0 radical (unpaired) electrons. The third kappa shape index (κ3) is 5.19. The van der Waals surface area contributed by atoms with Gasteiger partial charge in [-0.15, -0.1) is 0 Å². The maximum Gasteiger partial charge on any atom is 0.274 e. The van der Waals surface area contributed by atoms with E-state index in [0.717, 1.165) is 18.4 Å². The molecule has 2 N–H and O–H groups in total. The lowest BCUT2D eigenvalue weighted by molar-refractivity contribution is 0.0946. The summed E-state index contributed by atoms with van der Waals surface area (Å²) in [5, 5.41) is 5.66. The second kappa shape index (κ2) is 8.56. The van der Waals surface area contributed by atoms with Crippen molar-refractivity contribution >= 4 is 17.5 Å². The first kappa shape index (κ1) is 18.7. The van der Waals surface area contributed by atoms with Gasteiger partial charge in [0.1, 0.15) is 23.7 Å². The van der Waals surface area contributed by atoms with E-state index >= 15 is 0 Å². The van der Waals surface area contributed by atoms with Crippen molar-refractivity contribution in [3.05, 3.63) is 89.7 Å². The zero-order chi connectivity index (χ0) is 20.1. The SMILES string of the molecule is O=C(Nc1ccc(OCc2ccccc2)cc1)c1cccc(C(=O)NC2CC2)n1. The summed E-state index contributed by atoms with van der Waals surface area (Å²) in [5.74, 6) is 0.0924. The van der Waals surface area contributed by atoms with Crippen LogP contribution in [0, 0.1) is 0 Å². The zero-order valence-electron chi connectivity index (χ0n) is 15.8. The minimum Gasteiger partial charge on any atom is -0.489 e. The first-order valence-corrected chi connectivity index (χ1v) is 9.53. The third-order valence-corrected chi connectivity index (χ3v) is 4.49. The van der Waals surface area contributed by atoms with Crippen LogP contribution in [0.5, 0.6) is 5.75 Å². The van der Waals surface area contributed by atoms with Crippen LogP contribution in [-0.4, -0.2) is 22.8 Å². The summed E-state index contributed by atoms with van der Waals surface area (Å²) < 4.78 is 5.75. The monoisotopic (exact) mass is 387 g/mol. The fraction of sp³-hybridized carbons (Fsp3) is 0.174. The zero-order valence-corrected chi connectivity index (χ0v) is 15.8. The lowest BCUT2D eigenvalue weighted by Gasteiger charge is -2.09. The normalized spacial score (nSPS) is 12.8. The maximum atomic E-state index is 12.5. The number of nitrogens with zero attached hydrogens (tertiary/aromatic N) is 1. The van der Waals surface area contributed by atoms with Gasteiger partial charge in [0, 0.05) is 11.7 Å². The van der Waals surface area contributed by atoms with E-state index in [4.69, 9.17) is 4.74 Å². The number of hydrogen-bond acceptors (Lipinski definition) is 4. The van der Waals surface area contributed by atoms with E-state index in [2.05, 4.69) is 15.6 Å². The molecular formula is C23H21N3O3. The number of hydrogen-bond donors (Lipinski definition) is 2. The molecule has 2 amide bonds. The van der Waals surface area contributed by atoms with E-state index in [-0.39, 0.29) is 29.2 Å². The Balaban J connectivity index is 1.35. The fourth-order valence-electron chi connectivity index (χ4n) is 2.75. The van der Waals surface area contributed by atoms with Gasteiger partial charge in [-0.25, -0.2) is 4.98 Å². The molecule has 1 aliphatic carbocycles. The average molecular weight is 387 g/mol. The summed E-state index contributed by atoms with van der Waals surface area (Å²) in [4.78, 5) is 28.8. The number of anilines is 1. The molecule has 1 aromatic heterocycles. The second-order valence-corrected chi connectivity index (χ2v) is 6.91. The van der Waals surface area contributed by atoms with Gasteiger partial charge in [0.15, 0.2) is 0 Å². The molecule has 6 nitrogen and oxygen atoms in total. The summed E-state index contributed by atoms with van der Waals surface area (Å²) in [7, 11) is 0. The van der Waals surface area contributed by atoms with Crippen molar-refractivity contribution < 1.29 is 14.3 Å². The number of amides is 2. The third-order valence-electron chi connectivity index (χ3n) is 4.49. The predicted octanol–water partition coefficient (Wildman–Crippen LogP) is 3.81. The Hall–Kier alpha value is -3.67. The Morgan fingerprint density at radius 1 is 0.862 bits per heavy atom. The molecule has 4 rings (SSSR count). The van der Waals surface area contributed by atoms with Crippen molar-refractivity contribution in [2.75, 3.05) is 5.32 Å². The Morgan fingerprint density at radius 3 is 2.24 bits per heavy atom. The molecular weight excluding hydrogens is 366 g/mol. The van der Waals surface area contributed by atoms with E-state index in [1.165, 1.54) is 0 Å². The lowest BCUT2D eigenvalue weighted by Crippen LogP contribution is -2.27. The van der Waals surface area contributed by atoms with Crippen LogP contribution in [0.25, 0.3) is 0 Å². The van der Waals surface area contributed by atoms with Gasteiger partial charge < -0.3 is 15.4 Å². The highest BCUT2D eigenvalue weighted by Gasteiger charge is 2.24. The number of carbonyl (C=O) groups is 2. The molecule has 0 saturated heterocycles. The Kier molecular flexibility index (Phi) is 5.52. The van der Waals surface area contributed by atoms with Gasteiger partial charge in [-0.1, -0.05) is 36.4 Å². The minimum atomic E-state index is -0.371. The summed E-state index contributed by atoms with van der Waals surface area (Å²) in [6.45, 7) is 0.478. The number of benzene rings is 2. The van der Waals surface area contributed by atoms with Crippen LogP contribution in [0.2, 0.25) is 0 Å². The van der Waals surface area contributed by atoms with Crippen LogP contribution in [0.1, 0.15) is 39.4 Å². The highest BCUT2D eigenvalue weighted by molar-refractivity contribution is 6.03. The number of aromatic nitrogens is 1.